The van der Waals surface area contributed by atoms with E-state index in [1.54, 1.807) is 31.2 Å². The van der Waals surface area contributed by atoms with Gasteiger partial charge in [0.2, 0.25) is 10.0 Å². The van der Waals surface area contributed by atoms with Crippen LogP contribution in [0.5, 0.6) is 5.75 Å². The highest BCUT2D eigenvalue weighted by Gasteiger charge is 2.18. The predicted octanol–water partition coefficient (Wildman–Crippen LogP) is 2.93. The van der Waals surface area contributed by atoms with Crippen LogP contribution >= 0.6 is 11.6 Å². The van der Waals surface area contributed by atoms with Crippen molar-refractivity contribution in [1.29, 1.82) is 0 Å². The molecule has 0 aliphatic heterocycles. The number of hydrogen-bond donors (Lipinski definition) is 1. The minimum absolute atomic E-state index is 0.242. The monoisotopic (exact) mass is 440 g/mol. The van der Waals surface area contributed by atoms with Crippen molar-refractivity contribution >= 4 is 44.9 Å². The number of rotatable bonds is 7. The fourth-order valence-electron chi connectivity index (χ4n) is 2.28. The molecule has 1 amide bonds. The molecule has 0 unspecified atom stereocenters. The maximum absolute atomic E-state index is 12.4. The number of amides is 1. The predicted molar refractivity (Wildman–Crippen MR) is 111 cm³/mol. The Labute approximate surface area is 174 Å². The molecule has 0 radical (unpaired) electrons. The van der Waals surface area contributed by atoms with Gasteiger partial charge < -0.3 is 14.8 Å². The van der Waals surface area contributed by atoms with Crippen LogP contribution in [0.1, 0.15) is 17.3 Å². The molecule has 2 aromatic rings. The number of anilines is 2. The van der Waals surface area contributed by atoms with E-state index in [0.29, 0.717) is 11.4 Å². The van der Waals surface area contributed by atoms with Crippen molar-refractivity contribution in [3.05, 3.63) is 53.1 Å². The topological polar surface area (TPSA) is 102 Å². The first-order chi connectivity index (χ1) is 13.5. The molecule has 10 heteroatoms. The van der Waals surface area contributed by atoms with E-state index in [4.69, 9.17) is 16.3 Å². The molecule has 8 nitrogen and oxygen atoms in total. The first-order valence-corrected chi connectivity index (χ1v) is 10.6. The van der Waals surface area contributed by atoms with Crippen LogP contribution in [0.25, 0.3) is 0 Å². The molecule has 0 heterocycles. The van der Waals surface area contributed by atoms with E-state index in [9.17, 15) is 18.0 Å². The molecular formula is C19H21ClN2O6S. The number of nitrogens with zero attached hydrogens (tertiary/aromatic N) is 1. The summed E-state index contributed by atoms with van der Waals surface area (Å²) in [6, 6.07) is 10.6. The van der Waals surface area contributed by atoms with Crippen molar-refractivity contribution < 1.29 is 27.5 Å². The second-order valence-electron chi connectivity index (χ2n) is 6.16. The molecule has 156 valence electrons. The van der Waals surface area contributed by atoms with Gasteiger partial charge in [-0.05, 0) is 49.4 Å². The van der Waals surface area contributed by atoms with E-state index in [2.05, 4.69) is 10.1 Å². The van der Waals surface area contributed by atoms with Crippen molar-refractivity contribution in [2.75, 3.05) is 30.0 Å². The Kier molecular flexibility index (Phi) is 7.10. The molecular weight excluding hydrogens is 420 g/mol. The van der Waals surface area contributed by atoms with Crippen LogP contribution in [0, 0.1) is 0 Å². The first-order valence-electron chi connectivity index (χ1n) is 8.42. The zero-order valence-corrected chi connectivity index (χ0v) is 17.9. The Morgan fingerprint density at radius 1 is 1.14 bits per heavy atom. The van der Waals surface area contributed by atoms with Gasteiger partial charge in [0, 0.05) is 7.05 Å². The normalized spacial score (nSPS) is 12.0. The number of sulfonamides is 1. The lowest BCUT2D eigenvalue weighted by Crippen LogP contribution is -2.30. The minimum atomic E-state index is -3.37. The molecule has 2 aromatic carbocycles. The summed E-state index contributed by atoms with van der Waals surface area (Å²) in [5.74, 6) is -0.653. The zero-order chi connectivity index (χ0) is 21.8. The summed E-state index contributed by atoms with van der Waals surface area (Å²) in [6.07, 6.45) is 0.218. The van der Waals surface area contributed by atoms with Crippen molar-refractivity contribution in [2.24, 2.45) is 0 Å². The standard InChI is InChI=1S/C19H21ClN2O6S/c1-12(28-15-8-6-14(7-9-15)22(2)29(4,25)26)18(23)21-17-11-13(19(24)27-3)5-10-16(17)20/h5-12H,1-4H3,(H,21,23)/t12-/m1/s1. The van der Waals surface area contributed by atoms with Gasteiger partial charge in [-0.2, -0.15) is 0 Å². The Morgan fingerprint density at radius 3 is 2.31 bits per heavy atom. The second kappa shape index (κ2) is 9.15. The molecule has 29 heavy (non-hydrogen) atoms. The maximum Gasteiger partial charge on any atom is 0.337 e. The molecule has 2 rings (SSSR count). The van der Waals surface area contributed by atoms with Crippen LogP contribution in [-0.4, -0.2) is 46.8 Å². The molecule has 0 saturated carbocycles. The lowest BCUT2D eigenvalue weighted by Gasteiger charge is -2.18. The average Bonchev–Trinajstić information content (AvgIpc) is 2.68. The van der Waals surface area contributed by atoms with Gasteiger partial charge in [-0.1, -0.05) is 11.6 Å². The van der Waals surface area contributed by atoms with Crippen LogP contribution in [0.3, 0.4) is 0 Å². The smallest absolute Gasteiger partial charge is 0.337 e. The average molecular weight is 441 g/mol. The number of halogens is 1. The van der Waals surface area contributed by atoms with Crippen molar-refractivity contribution in [2.45, 2.75) is 13.0 Å². The summed E-state index contributed by atoms with van der Waals surface area (Å²) in [6.45, 7) is 1.55. The molecule has 0 aliphatic carbocycles. The van der Waals surface area contributed by atoms with Gasteiger partial charge in [0.25, 0.3) is 5.91 Å². The highest BCUT2D eigenvalue weighted by atomic mass is 35.5. The number of esters is 1. The molecule has 0 bridgehead atoms. The number of benzene rings is 2. The van der Waals surface area contributed by atoms with Gasteiger partial charge in [-0.15, -0.1) is 0 Å². The minimum Gasteiger partial charge on any atom is -0.481 e. The van der Waals surface area contributed by atoms with Gasteiger partial charge in [-0.3, -0.25) is 9.10 Å². The summed E-state index contributed by atoms with van der Waals surface area (Å²) in [4.78, 5) is 24.1. The number of nitrogens with one attached hydrogen (secondary N) is 1. The van der Waals surface area contributed by atoms with Crippen molar-refractivity contribution in [3.63, 3.8) is 0 Å². The van der Waals surface area contributed by atoms with E-state index >= 15 is 0 Å². The number of hydrogen-bond acceptors (Lipinski definition) is 6. The van der Waals surface area contributed by atoms with Gasteiger partial charge in [0.05, 0.1) is 35.3 Å². The maximum atomic E-state index is 12.4. The Bertz CT molecular complexity index is 1010. The third-order valence-corrected chi connectivity index (χ3v) is 5.56. The van der Waals surface area contributed by atoms with Gasteiger partial charge in [-0.25, -0.2) is 13.2 Å². The molecule has 1 N–H and O–H groups in total. The lowest BCUT2D eigenvalue weighted by molar-refractivity contribution is -0.122. The zero-order valence-electron chi connectivity index (χ0n) is 16.3. The van der Waals surface area contributed by atoms with E-state index in [-0.39, 0.29) is 16.3 Å². The third kappa shape index (κ3) is 5.85. The van der Waals surface area contributed by atoms with Crippen LogP contribution < -0.4 is 14.4 Å². The van der Waals surface area contributed by atoms with Crippen LogP contribution in [-0.2, 0) is 19.6 Å². The summed E-state index contributed by atoms with van der Waals surface area (Å²) in [7, 11) is -0.681. The number of ether oxygens (including phenoxy) is 2. The Hall–Kier alpha value is -2.78. The largest absolute Gasteiger partial charge is 0.481 e. The summed E-state index contributed by atoms with van der Waals surface area (Å²) < 4.78 is 34.5. The fraction of sp³-hybridized carbons (Fsp3) is 0.263. The van der Waals surface area contributed by atoms with Crippen LogP contribution in [0.15, 0.2) is 42.5 Å². The van der Waals surface area contributed by atoms with E-state index in [0.717, 1.165) is 10.6 Å². The van der Waals surface area contributed by atoms with Crippen molar-refractivity contribution in [1.82, 2.24) is 0 Å². The molecule has 0 aliphatic rings. The molecule has 0 fully saturated rings. The molecule has 0 aromatic heterocycles. The van der Waals surface area contributed by atoms with Gasteiger partial charge in [0.1, 0.15) is 5.75 Å². The molecule has 0 spiro atoms. The third-order valence-electron chi connectivity index (χ3n) is 4.03. The summed E-state index contributed by atoms with van der Waals surface area (Å²) >= 11 is 6.08. The van der Waals surface area contributed by atoms with Gasteiger partial charge in [0.15, 0.2) is 6.10 Å². The van der Waals surface area contributed by atoms with Crippen LogP contribution in [0.2, 0.25) is 5.02 Å². The Balaban J connectivity index is 2.07. The summed E-state index contributed by atoms with van der Waals surface area (Å²) in [5.41, 5.74) is 0.954. The van der Waals surface area contributed by atoms with Crippen molar-refractivity contribution in [3.8, 4) is 5.75 Å². The Morgan fingerprint density at radius 2 is 1.76 bits per heavy atom. The molecule has 1 atom stereocenters. The van der Waals surface area contributed by atoms with Crippen LogP contribution in [0.4, 0.5) is 11.4 Å². The fourth-order valence-corrected chi connectivity index (χ4v) is 2.95. The highest BCUT2D eigenvalue weighted by molar-refractivity contribution is 7.92. The van der Waals surface area contributed by atoms with E-state index in [1.807, 2.05) is 0 Å². The van der Waals surface area contributed by atoms with Gasteiger partial charge >= 0.3 is 5.97 Å². The van der Waals surface area contributed by atoms with E-state index < -0.39 is 28.0 Å². The number of methoxy groups -OCH3 is 1. The van der Waals surface area contributed by atoms with E-state index in [1.165, 1.54) is 32.4 Å². The lowest BCUT2D eigenvalue weighted by atomic mass is 10.2. The SMILES string of the molecule is COC(=O)c1ccc(Cl)c(NC(=O)[C@@H](C)Oc2ccc(N(C)S(C)(=O)=O)cc2)c1. The summed E-state index contributed by atoms with van der Waals surface area (Å²) in [5, 5.41) is 2.86. The first kappa shape index (κ1) is 22.5. The molecule has 0 saturated heterocycles. The number of carbonyl (C=O) groups is 2. The highest BCUT2D eigenvalue weighted by Crippen LogP contribution is 2.25. The number of carbonyl (C=O) groups excluding carboxylic acids is 2. The second-order valence-corrected chi connectivity index (χ2v) is 8.58. The quantitative estimate of drug-likeness (QED) is 0.664.